The summed E-state index contributed by atoms with van der Waals surface area (Å²) in [5.41, 5.74) is 0. The van der Waals surface area contributed by atoms with E-state index in [2.05, 4.69) is 22.9 Å². The van der Waals surface area contributed by atoms with Crippen molar-refractivity contribution in [3.8, 4) is 0 Å². The number of ether oxygens (including phenoxy) is 1. The smallest absolute Gasteiger partial charge is 0.0671 e. The summed E-state index contributed by atoms with van der Waals surface area (Å²) >= 11 is 3.53. The van der Waals surface area contributed by atoms with Crippen LogP contribution in [0.2, 0.25) is 0 Å². The second kappa shape index (κ2) is 2.83. The Bertz CT molecular complexity index is 64.9. The van der Waals surface area contributed by atoms with Crippen molar-refractivity contribution >= 4 is 15.9 Å². The number of halogens is 1. The molecule has 8 heavy (non-hydrogen) atoms. The Kier molecular flexibility index (Phi) is 2.32. The fourth-order valence-corrected chi connectivity index (χ4v) is 1.36. The average Bonchev–Trinajstić information content (AvgIpc) is 1.77. The quantitative estimate of drug-likeness (QED) is 0.516. The summed E-state index contributed by atoms with van der Waals surface area (Å²) in [7, 11) is 0. The van der Waals surface area contributed by atoms with Crippen molar-refractivity contribution in [3.63, 3.8) is 0 Å². The van der Waals surface area contributed by atoms with Gasteiger partial charge in [-0.05, 0) is 19.8 Å². The van der Waals surface area contributed by atoms with E-state index in [0.717, 1.165) is 6.61 Å². The van der Waals surface area contributed by atoms with Crippen molar-refractivity contribution in [1.29, 1.82) is 0 Å². The minimum atomic E-state index is 0.420. The maximum atomic E-state index is 5.34. The van der Waals surface area contributed by atoms with Crippen molar-refractivity contribution in [2.24, 2.45) is 0 Å². The van der Waals surface area contributed by atoms with E-state index >= 15 is 0 Å². The highest BCUT2D eigenvalue weighted by molar-refractivity contribution is 9.09. The van der Waals surface area contributed by atoms with Crippen LogP contribution >= 0.6 is 15.9 Å². The second-order valence-corrected chi connectivity index (χ2v) is 3.41. The molecule has 0 saturated carbocycles. The minimum absolute atomic E-state index is 0.420. The SMILES string of the molecule is C[C@H]1OCCC[C@@H]1Br. The molecule has 0 bridgehead atoms. The molecule has 1 aliphatic heterocycles. The third kappa shape index (κ3) is 1.46. The molecule has 0 N–H and O–H groups in total. The summed E-state index contributed by atoms with van der Waals surface area (Å²) in [6.07, 6.45) is 2.89. The van der Waals surface area contributed by atoms with Gasteiger partial charge in [0.1, 0.15) is 0 Å². The predicted molar refractivity (Wildman–Crippen MR) is 37.4 cm³/mol. The van der Waals surface area contributed by atoms with Crippen LogP contribution in [0.4, 0.5) is 0 Å². The standard InChI is InChI=1S/C6H11BrO/c1-5-6(7)3-2-4-8-5/h5-6H,2-4H2,1H3/t5-,6+/m1/s1. The summed E-state index contributed by atoms with van der Waals surface area (Å²) in [6, 6.07) is 0. The first kappa shape index (κ1) is 6.56. The van der Waals surface area contributed by atoms with Crippen molar-refractivity contribution in [2.75, 3.05) is 6.61 Å². The van der Waals surface area contributed by atoms with Gasteiger partial charge >= 0.3 is 0 Å². The Morgan fingerprint density at radius 1 is 1.62 bits per heavy atom. The van der Waals surface area contributed by atoms with Crippen LogP contribution in [-0.2, 0) is 4.74 Å². The van der Waals surface area contributed by atoms with Gasteiger partial charge in [-0.15, -0.1) is 0 Å². The van der Waals surface area contributed by atoms with Gasteiger partial charge in [-0.2, -0.15) is 0 Å². The van der Waals surface area contributed by atoms with Gasteiger partial charge in [-0.25, -0.2) is 0 Å². The summed E-state index contributed by atoms with van der Waals surface area (Å²) in [6.45, 7) is 3.06. The maximum absolute atomic E-state index is 5.34. The van der Waals surface area contributed by atoms with Crippen LogP contribution in [0.1, 0.15) is 19.8 Å². The first-order valence-electron chi connectivity index (χ1n) is 3.06. The summed E-state index contributed by atoms with van der Waals surface area (Å²) in [4.78, 5) is 0.594. The molecule has 1 saturated heterocycles. The lowest BCUT2D eigenvalue weighted by Gasteiger charge is -2.23. The molecule has 0 aromatic rings. The average molecular weight is 179 g/mol. The van der Waals surface area contributed by atoms with E-state index < -0.39 is 0 Å². The molecule has 0 aliphatic carbocycles. The molecule has 0 aromatic carbocycles. The van der Waals surface area contributed by atoms with E-state index in [-0.39, 0.29) is 0 Å². The number of rotatable bonds is 0. The van der Waals surface area contributed by atoms with Crippen LogP contribution < -0.4 is 0 Å². The van der Waals surface area contributed by atoms with Crippen molar-refractivity contribution < 1.29 is 4.74 Å². The number of hydrogen-bond acceptors (Lipinski definition) is 1. The highest BCUT2D eigenvalue weighted by Gasteiger charge is 2.17. The van der Waals surface area contributed by atoms with Gasteiger partial charge in [0.05, 0.1) is 6.10 Å². The Labute approximate surface area is 58.5 Å². The van der Waals surface area contributed by atoms with Crippen molar-refractivity contribution in [2.45, 2.75) is 30.7 Å². The monoisotopic (exact) mass is 178 g/mol. The molecule has 1 rings (SSSR count). The van der Waals surface area contributed by atoms with Crippen LogP contribution in [0.3, 0.4) is 0 Å². The third-order valence-electron chi connectivity index (χ3n) is 1.51. The van der Waals surface area contributed by atoms with E-state index in [9.17, 15) is 0 Å². The summed E-state index contributed by atoms with van der Waals surface area (Å²) in [5, 5.41) is 0. The lowest BCUT2D eigenvalue weighted by Crippen LogP contribution is -2.26. The van der Waals surface area contributed by atoms with Gasteiger partial charge in [0, 0.05) is 11.4 Å². The van der Waals surface area contributed by atoms with Crippen LogP contribution in [0.25, 0.3) is 0 Å². The van der Waals surface area contributed by atoms with E-state index in [1.54, 1.807) is 0 Å². The molecule has 0 aromatic heterocycles. The molecule has 1 heterocycles. The second-order valence-electron chi connectivity index (χ2n) is 2.23. The Balaban J connectivity index is 2.28. The lowest BCUT2D eigenvalue weighted by molar-refractivity contribution is 0.0351. The zero-order valence-corrected chi connectivity index (χ0v) is 6.65. The van der Waals surface area contributed by atoms with Gasteiger partial charge in [-0.3, -0.25) is 0 Å². The highest BCUT2D eigenvalue weighted by atomic mass is 79.9. The normalized spacial score (nSPS) is 39.8. The fraction of sp³-hybridized carbons (Fsp3) is 1.00. The molecular formula is C6H11BrO. The Hall–Kier alpha value is 0.440. The summed E-state index contributed by atoms with van der Waals surface area (Å²) < 4.78 is 5.34. The van der Waals surface area contributed by atoms with E-state index in [1.807, 2.05) is 0 Å². The zero-order chi connectivity index (χ0) is 5.98. The molecular weight excluding hydrogens is 168 g/mol. The van der Waals surface area contributed by atoms with Crippen LogP contribution in [-0.4, -0.2) is 17.5 Å². The molecule has 1 nitrogen and oxygen atoms in total. The first-order chi connectivity index (χ1) is 3.80. The van der Waals surface area contributed by atoms with E-state index in [4.69, 9.17) is 4.74 Å². The molecule has 2 atom stereocenters. The molecule has 0 spiro atoms. The zero-order valence-electron chi connectivity index (χ0n) is 5.06. The van der Waals surface area contributed by atoms with E-state index in [0.29, 0.717) is 10.9 Å². The van der Waals surface area contributed by atoms with Crippen LogP contribution in [0.15, 0.2) is 0 Å². The number of alkyl halides is 1. The van der Waals surface area contributed by atoms with Gasteiger partial charge in [-0.1, -0.05) is 15.9 Å². The molecule has 48 valence electrons. The minimum Gasteiger partial charge on any atom is -0.377 e. The molecule has 1 aliphatic rings. The van der Waals surface area contributed by atoms with Crippen LogP contribution in [0, 0.1) is 0 Å². The Morgan fingerprint density at radius 3 is 2.75 bits per heavy atom. The van der Waals surface area contributed by atoms with Crippen LogP contribution in [0.5, 0.6) is 0 Å². The molecule has 1 fully saturated rings. The molecule has 0 amide bonds. The van der Waals surface area contributed by atoms with Gasteiger partial charge < -0.3 is 4.74 Å². The fourth-order valence-electron chi connectivity index (χ4n) is 0.887. The number of hydrogen-bond donors (Lipinski definition) is 0. The first-order valence-corrected chi connectivity index (χ1v) is 3.98. The van der Waals surface area contributed by atoms with Gasteiger partial charge in [0.15, 0.2) is 0 Å². The van der Waals surface area contributed by atoms with Crippen molar-refractivity contribution in [3.05, 3.63) is 0 Å². The lowest BCUT2D eigenvalue weighted by atomic mass is 10.1. The summed E-state index contributed by atoms with van der Waals surface area (Å²) in [5.74, 6) is 0. The van der Waals surface area contributed by atoms with Crippen molar-refractivity contribution in [1.82, 2.24) is 0 Å². The van der Waals surface area contributed by atoms with E-state index in [1.165, 1.54) is 12.8 Å². The highest BCUT2D eigenvalue weighted by Crippen LogP contribution is 2.19. The van der Waals surface area contributed by atoms with Gasteiger partial charge in [0.2, 0.25) is 0 Å². The molecule has 0 radical (unpaired) electrons. The van der Waals surface area contributed by atoms with Gasteiger partial charge in [0.25, 0.3) is 0 Å². The largest absolute Gasteiger partial charge is 0.377 e. The predicted octanol–water partition coefficient (Wildman–Crippen LogP) is 1.95. The maximum Gasteiger partial charge on any atom is 0.0671 e. The Morgan fingerprint density at radius 2 is 2.38 bits per heavy atom. The molecule has 0 unspecified atom stereocenters. The molecule has 2 heteroatoms. The third-order valence-corrected chi connectivity index (χ3v) is 2.72. The topological polar surface area (TPSA) is 9.23 Å².